The van der Waals surface area contributed by atoms with Gasteiger partial charge in [-0.15, -0.1) is 11.3 Å². The summed E-state index contributed by atoms with van der Waals surface area (Å²) in [5.74, 6) is -0.774. The summed E-state index contributed by atoms with van der Waals surface area (Å²) in [5, 5.41) is 42.1. The summed E-state index contributed by atoms with van der Waals surface area (Å²) in [6.07, 6.45) is 0.932. The molecule has 1 aliphatic heterocycles. The number of esters is 1. The van der Waals surface area contributed by atoms with Gasteiger partial charge in [-0.05, 0) is 107 Å². The Morgan fingerprint density at radius 2 is 1.54 bits per heavy atom. The van der Waals surface area contributed by atoms with Crippen LogP contribution in [-0.2, 0) is 34.8 Å². The molecule has 1 aliphatic rings. The predicted octanol–water partition coefficient (Wildman–Crippen LogP) is 7.41. The molecule has 1 fully saturated rings. The lowest BCUT2D eigenvalue weighted by Gasteiger charge is -2.33. The number of fused-ring (bicyclic) bond motifs is 1. The zero-order chi connectivity index (χ0) is 43.8. The fourth-order valence-corrected chi connectivity index (χ4v) is 8.97. The number of aromatic nitrogens is 1. The van der Waals surface area contributed by atoms with E-state index in [9.17, 15) is 29.7 Å². The van der Waals surface area contributed by atoms with E-state index in [-0.39, 0.29) is 41.8 Å². The zero-order valence-corrected chi connectivity index (χ0v) is 35.5. The fourth-order valence-electron chi connectivity index (χ4n) is 8.14. The van der Waals surface area contributed by atoms with Crippen LogP contribution in [0.3, 0.4) is 0 Å². The summed E-state index contributed by atoms with van der Waals surface area (Å²) in [6, 6.07) is 41.9. The highest BCUT2D eigenvalue weighted by Gasteiger charge is 2.42. The number of pyridine rings is 1. The van der Waals surface area contributed by atoms with Crippen LogP contribution in [0, 0.1) is 5.92 Å². The maximum absolute atomic E-state index is 14.0. The average Bonchev–Trinajstić information content (AvgIpc) is 3.80. The topological polar surface area (TPSA) is 164 Å². The third kappa shape index (κ3) is 10.3. The number of rotatable bonds is 16. The smallest absolute Gasteiger partial charge is 0.347 e. The number of phenols is 1. The normalized spacial score (nSPS) is 14.8. The Hall–Kier alpha value is -6.41. The van der Waals surface area contributed by atoms with Crippen molar-refractivity contribution >= 4 is 34.1 Å². The molecule has 322 valence electrons. The first kappa shape index (κ1) is 43.2. The molecule has 63 heavy (non-hydrogen) atoms. The van der Waals surface area contributed by atoms with Crippen molar-refractivity contribution in [2.24, 2.45) is 5.92 Å². The number of benzene rings is 5. The summed E-state index contributed by atoms with van der Waals surface area (Å²) in [7, 11) is 0. The van der Waals surface area contributed by atoms with Crippen LogP contribution in [0.2, 0.25) is 0 Å². The van der Waals surface area contributed by atoms with Crippen molar-refractivity contribution in [3.63, 3.8) is 0 Å². The van der Waals surface area contributed by atoms with Crippen molar-refractivity contribution < 1.29 is 29.6 Å². The summed E-state index contributed by atoms with van der Waals surface area (Å²) in [5.41, 5.74) is 3.77. The Kier molecular flexibility index (Phi) is 13.6. The average molecular weight is 863 g/mol. The maximum atomic E-state index is 14.0. The standard InChI is InChI=1S/C51H50N4O7S/c56-45-20-18-43(44-19-21-47(58)54-48(44)45)46(57)30-52-28-34-14-16-37(17-15-34)49(59)53-29-42-27-39(33-63-42)38-10-7-13-41(26-38)51(61,40-11-5-2-6-12-40)50(60)62-32-36-22-24-55(25-23-36)31-35-8-3-1-4-9-35/h1-21,26-27,33,36,46,52,56-57,61H,22-25,28-32H2,(H,53,59)(H,54,58)/t46-,51?/m0/s1. The van der Waals surface area contributed by atoms with E-state index in [0.717, 1.165) is 54.0 Å². The number of carbonyl (C=O) groups is 2. The molecule has 7 aromatic rings. The van der Waals surface area contributed by atoms with Crippen LogP contribution in [0.1, 0.15) is 62.0 Å². The van der Waals surface area contributed by atoms with Gasteiger partial charge in [0.05, 0.1) is 24.8 Å². The molecule has 8 rings (SSSR count). The highest BCUT2D eigenvalue weighted by atomic mass is 32.1. The van der Waals surface area contributed by atoms with E-state index in [0.29, 0.717) is 40.7 Å². The second-order valence-corrected chi connectivity index (χ2v) is 17.1. The van der Waals surface area contributed by atoms with Gasteiger partial charge in [0.15, 0.2) is 0 Å². The molecular formula is C51H50N4O7S. The van der Waals surface area contributed by atoms with Crippen LogP contribution in [-0.4, -0.2) is 63.3 Å². The summed E-state index contributed by atoms with van der Waals surface area (Å²) >= 11 is 1.51. The fraction of sp³-hybridized carbons (Fsp3) is 0.235. The second kappa shape index (κ2) is 19.7. The van der Waals surface area contributed by atoms with Crippen LogP contribution in [0.15, 0.2) is 150 Å². The molecule has 0 saturated carbocycles. The summed E-state index contributed by atoms with van der Waals surface area (Å²) in [6.45, 7) is 3.97. The highest BCUT2D eigenvalue weighted by Crippen LogP contribution is 2.36. The molecule has 2 atom stereocenters. The number of likely N-dealkylation sites (tertiary alicyclic amines) is 1. The van der Waals surface area contributed by atoms with Gasteiger partial charge in [-0.1, -0.05) is 97.1 Å². The Balaban J connectivity index is 0.848. The van der Waals surface area contributed by atoms with Gasteiger partial charge in [-0.2, -0.15) is 0 Å². The van der Waals surface area contributed by atoms with Gasteiger partial charge in [0.25, 0.3) is 5.91 Å². The first-order valence-corrected chi connectivity index (χ1v) is 22.0. The van der Waals surface area contributed by atoms with Crippen LogP contribution in [0.5, 0.6) is 5.75 Å². The van der Waals surface area contributed by atoms with Gasteiger partial charge in [-0.3, -0.25) is 14.5 Å². The molecule has 0 spiro atoms. The van der Waals surface area contributed by atoms with Crippen molar-refractivity contribution in [2.75, 3.05) is 26.2 Å². The van der Waals surface area contributed by atoms with Crippen LogP contribution < -0.4 is 16.2 Å². The Labute approximate surface area is 369 Å². The number of ether oxygens (including phenoxy) is 1. The first-order valence-electron chi connectivity index (χ1n) is 21.1. The van der Waals surface area contributed by atoms with Crippen LogP contribution in [0.4, 0.5) is 0 Å². The van der Waals surface area contributed by atoms with Gasteiger partial charge < -0.3 is 35.7 Å². The molecule has 0 radical (unpaired) electrons. The number of piperidine rings is 1. The minimum atomic E-state index is -2.02. The third-order valence-electron chi connectivity index (χ3n) is 11.7. The highest BCUT2D eigenvalue weighted by molar-refractivity contribution is 7.10. The van der Waals surface area contributed by atoms with E-state index in [1.54, 1.807) is 54.6 Å². The van der Waals surface area contributed by atoms with Gasteiger partial charge in [0, 0.05) is 47.1 Å². The lowest BCUT2D eigenvalue weighted by Crippen LogP contribution is -2.40. The number of carbonyl (C=O) groups excluding carboxylic acids is 2. The van der Waals surface area contributed by atoms with E-state index in [1.165, 1.54) is 29.0 Å². The molecule has 11 nitrogen and oxygen atoms in total. The Morgan fingerprint density at radius 1 is 0.810 bits per heavy atom. The number of aromatic amines is 1. The molecule has 6 N–H and O–H groups in total. The van der Waals surface area contributed by atoms with Crippen molar-refractivity contribution in [1.29, 1.82) is 0 Å². The lowest BCUT2D eigenvalue weighted by molar-refractivity contribution is -0.164. The maximum Gasteiger partial charge on any atom is 0.347 e. The number of aromatic hydroxyl groups is 1. The van der Waals surface area contributed by atoms with Gasteiger partial charge >= 0.3 is 5.97 Å². The predicted molar refractivity (Wildman–Crippen MR) is 245 cm³/mol. The zero-order valence-electron chi connectivity index (χ0n) is 34.7. The quantitative estimate of drug-likeness (QED) is 0.0544. The monoisotopic (exact) mass is 862 g/mol. The van der Waals surface area contributed by atoms with Crippen LogP contribution in [0.25, 0.3) is 22.0 Å². The first-order chi connectivity index (χ1) is 30.6. The van der Waals surface area contributed by atoms with Gasteiger partial charge in [0.1, 0.15) is 5.75 Å². The molecule has 3 heterocycles. The van der Waals surface area contributed by atoms with Crippen molar-refractivity contribution in [1.82, 2.24) is 20.5 Å². The minimum Gasteiger partial charge on any atom is -0.506 e. The molecule has 0 aliphatic carbocycles. The Morgan fingerprint density at radius 3 is 2.30 bits per heavy atom. The third-order valence-corrected chi connectivity index (χ3v) is 12.7. The van der Waals surface area contributed by atoms with E-state index in [4.69, 9.17) is 4.74 Å². The van der Waals surface area contributed by atoms with Gasteiger partial charge in [0.2, 0.25) is 11.2 Å². The lowest BCUT2D eigenvalue weighted by atomic mass is 9.85. The number of aliphatic hydroxyl groups excluding tert-OH is 1. The number of thiophene rings is 1. The number of nitrogens with zero attached hydrogens (tertiary/aromatic N) is 1. The largest absolute Gasteiger partial charge is 0.506 e. The van der Waals surface area contributed by atoms with E-state index >= 15 is 0 Å². The molecule has 1 amide bonds. The number of amides is 1. The number of aliphatic hydroxyl groups is 2. The number of H-pyrrole nitrogens is 1. The van der Waals surface area contributed by atoms with Crippen LogP contribution >= 0.6 is 11.3 Å². The Bertz CT molecular complexity index is 2710. The SMILES string of the molecule is O=C(NCc1cc(-c2cccc(C(O)(C(=O)OCC3CCN(Cc4ccccc4)CC3)c3ccccc3)c2)cs1)c1ccc(CNC[C@H](O)c2ccc(O)c3[nH]c(=O)ccc23)cc1. The summed E-state index contributed by atoms with van der Waals surface area (Å²) in [4.78, 5) is 44.8. The number of hydrogen-bond donors (Lipinski definition) is 6. The number of nitrogens with one attached hydrogen (secondary N) is 3. The van der Waals surface area contributed by atoms with Crippen molar-refractivity contribution in [3.8, 4) is 16.9 Å². The molecular weight excluding hydrogens is 813 g/mol. The van der Waals surface area contributed by atoms with Gasteiger partial charge in [-0.25, -0.2) is 4.79 Å². The van der Waals surface area contributed by atoms with E-state index < -0.39 is 17.7 Å². The van der Waals surface area contributed by atoms with E-state index in [2.05, 4.69) is 44.8 Å². The van der Waals surface area contributed by atoms with E-state index in [1.807, 2.05) is 53.9 Å². The summed E-state index contributed by atoms with van der Waals surface area (Å²) < 4.78 is 5.94. The van der Waals surface area contributed by atoms with Crippen molar-refractivity contribution in [3.05, 3.63) is 194 Å². The molecule has 5 aromatic carbocycles. The number of hydrogen-bond acceptors (Lipinski definition) is 10. The van der Waals surface area contributed by atoms with Crippen molar-refractivity contribution in [2.45, 2.75) is 44.2 Å². The molecule has 1 saturated heterocycles. The molecule has 0 bridgehead atoms. The minimum absolute atomic E-state index is 0.0653. The molecule has 12 heteroatoms. The molecule has 2 aromatic heterocycles. The number of phenolic OH excluding ortho intramolecular Hbond substituents is 1. The second-order valence-electron chi connectivity index (χ2n) is 16.1. The molecule has 1 unspecified atom stereocenters.